The maximum Gasteiger partial charge on any atom is 0.180 e. The number of hydrogen-bond donors (Lipinski definition) is 0. The molecule has 0 radical (unpaired) electrons. The van der Waals surface area contributed by atoms with Gasteiger partial charge >= 0.3 is 0 Å². The Morgan fingerprint density at radius 1 is 0.909 bits per heavy atom. The van der Waals surface area contributed by atoms with Gasteiger partial charge in [0.05, 0.1) is 0 Å². The average molecular weight is 291 g/mol. The van der Waals surface area contributed by atoms with Gasteiger partial charge in [-0.05, 0) is 18.9 Å². The lowest BCUT2D eigenvalue weighted by molar-refractivity contribution is 0.0883. The molecule has 0 heterocycles. The molecule has 0 bridgehead atoms. The van der Waals surface area contributed by atoms with Crippen LogP contribution in [0.25, 0.3) is 0 Å². The van der Waals surface area contributed by atoms with E-state index in [1.165, 1.54) is 5.56 Å². The zero-order valence-electron chi connectivity index (χ0n) is 12.5. The van der Waals surface area contributed by atoms with Crippen LogP contribution >= 0.6 is 0 Å². The number of ketones is 2. The molecule has 1 aliphatic rings. The summed E-state index contributed by atoms with van der Waals surface area (Å²) >= 11 is 0. The highest BCUT2D eigenvalue weighted by Gasteiger charge is 2.39. The molecule has 0 N–H and O–H groups in total. The number of nitrogens with zero attached hydrogens (tertiary/aromatic N) is 1. The van der Waals surface area contributed by atoms with Crippen LogP contribution in [0.5, 0.6) is 0 Å². The number of rotatable bonds is 4. The summed E-state index contributed by atoms with van der Waals surface area (Å²) in [6.45, 7) is 2.36. The van der Waals surface area contributed by atoms with Gasteiger partial charge in [-0.3, -0.25) is 14.6 Å². The van der Waals surface area contributed by atoms with E-state index in [4.69, 9.17) is 0 Å². The maximum absolute atomic E-state index is 12.4. The fraction of sp³-hybridized carbons (Fsp3) is 0.211. The highest BCUT2D eigenvalue weighted by molar-refractivity contribution is 6.36. The Morgan fingerprint density at radius 3 is 2.05 bits per heavy atom. The lowest BCUT2D eigenvalue weighted by Crippen LogP contribution is -2.23. The molecular weight excluding hydrogens is 274 g/mol. The van der Waals surface area contributed by atoms with Gasteiger partial charge in [0.1, 0.15) is 5.92 Å². The first-order chi connectivity index (χ1) is 10.7. The number of carbonyl (C=O) groups is 2. The lowest BCUT2D eigenvalue weighted by Gasteiger charge is -2.06. The Bertz CT molecular complexity index is 712. The van der Waals surface area contributed by atoms with E-state index in [1.54, 1.807) is 31.2 Å². The number of carbonyl (C=O) groups excluding carboxylic acids is 2. The molecule has 0 spiro atoms. The van der Waals surface area contributed by atoms with Crippen molar-refractivity contribution in [3.05, 3.63) is 71.3 Å². The Kier molecular flexibility index (Phi) is 3.96. The fourth-order valence-electron chi connectivity index (χ4n) is 2.82. The van der Waals surface area contributed by atoms with E-state index in [0.717, 1.165) is 6.42 Å². The summed E-state index contributed by atoms with van der Waals surface area (Å²) in [6.07, 6.45) is 0.806. The van der Waals surface area contributed by atoms with Gasteiger partial charge in [-0.1, -0.05) is 54.6 Å². The summed E-state index contributed by atoms with van der Waals surface area (Å²) in [6, 6.07) is 17.1. The molecule has 0 aliphatic heterocycles. The summed E-state index contributed by atoms with van der Waals surface area (Å²) in [7, 11) is 0. The summed E-state index contributed by atoms with van der Waals surface area (Å²) in [5.74, 6) is -0.976. The molecule has 0 atom stereocenters. The molecule has 110 valence electrons. The van der Waals surface area contributed by atoms with Crippen LogP contribution in [0.15, 0.2) is 59.6 Å². The van der Waals surface area contributed by atoms with Gasteiger partial charge in [0, 0.05) is 23.4 Å². The van der Waals surface area contributed by atoms with Crippen molar-refractivity contribution in [1.29, 1.82) is 0 Å². The molecule has 0 saturated heterocycles. The smallest absolute Gasteiger partial charge is 0.180 e. The highest BCUT2D eigenvalue weighted by Crippen LogP contribution is 2.27. The second-order valence-corrected chi connectivity index (χ2v) is 5.47. The molecule has 3 rings (SSSR count). The van der Waals surface area contributed by atoms with Crippen LogP contribution < -0.4 is 0 Å². The van der Waals surface area contributed by atoms with E-state index in [1.807, 2.05) is 30.3 Å². The van der Waals surface area contributed by atoms with E-state index in [9.17, 15) is 9.59 Å². The summed E-state index contributed by atoms with van der Waals surface area (Å²) in [5.41, 5.74) is 2.86. The van der Waals surface area contributed by atoms with Crippen LogP contribution in [0, 0.1) is 5.92 Å². The number of Topliss-reactive ketones (excluding diaryl/α,β-unsaturated/α-hetero) is 2. The minimum atomic E-state index is -0.729. The Morgan fingerprint density at radius 2 is 1.45 bits per heavy atom. The molecule has 0 aromatic heterocycles. The molecular formula is C19H17NO2. The van der Waals surface area contributed by atoms with Crippen LogP contribution in [-0.2, 0) is 6.42 Å². The van der Waals surface area contributed by atoms with Crippen LogP contribution in [0.4, 0.5) is 0 Å². The molecule has 1 aliphatic carbocycles. The molecule has 0 saturated carbocycles. The largest absolute Gasteiger partial charge is 0.293 e. The first-order valence-electron chi connectivity index (χ1n) is 7.41. The van der Waals surface area contributed by atoms with Crippen molar-refractivity contribution in [3.63, 3.8) is 0 Å². The zero-order valence-corrected chi connectivity index (χ0v) is 12.5. The summed E-state index contributed by atoms with van der Waals surface area (Å²) in [5, 5.41) is 0. The van der Waals surface area contributed by atoms with Gasteiger partial charge in [-0.2, -0.15) is 0 Å². The molecule has 3 nitrogen and oxygen atoms in total. The molecule has 3 heteroatoms. The predicted octanol–water partition coefficient (Wildman–Crippen LogP) is 3.39. The molecule has 2 aromatic carbocycles. The van der Waals surface area contributed by atoms with E-state index in [2.05, 4.69) is 4.99 Å². The molecule has 0 fully saturated rings. The van der Waals surface area contributed by atoms with Gasteiger partial charge < -0.3 is 0 Å². The third kappa shape index (κ3) is 2.62. The number of aliphatic imine (C=N–C) groups is 1. The monoisotopic (exact) mass is 291 g/mol. The minimum absolute atomic E-state index is 0.124. The molecule has 0 amide bonds. The maximum atomic E-state index is 12.4. The molecule has 0 unspecified atom stereocenters. The second-order valence-electron chi connectivity index (χ2n) is 5.47. The summed E-state index contributed by atoms with van der Waals surface area (Å²) < 4.78 is 0. The Hall–Kier alpha value is -2.55. The van der Waals surface area contributed by atoms with E-state index in [0.29, 0.717) is 23.4 Å². The van der Waals surface area contributed by atoms with E-state index >= 15 is 0 Å². The van der Waals surface area contributed by atoms with Gasteiger partial charge in [-0.15, -0.1) is 0 Å². The standard InChI is InChI=1S/C19H17NO2/c1-13(20-12-11-14-7-3-2-4-8-14)17-18(21)15-9-5-6-10-16(15)19(17)22/h2-10,17H,11-12H2,1H3. The van der Waals surface area contributed by atoms with Crippen LogP contribution in [0.1, 0.15) is 33.2 Å². The number of hydrogen-bond acceptors (Lipinski definition) is 3. The zero-order chi connectivity index (χ0) is 15.5. The quantitative estimate of drug-likeness (QED) is 0.640. The average Bonchev–Trinajstić information content (AvgIpc) is 2.80. The summed E-state index contributed by atoms with van der Waals surface area (Å²) in [4.78, 5) is 29.2. The number of benzene rings is 2. The van der Waals surface area contributed by atoms with Crippen molar-refractivity contribution < 1.29 is 9.59 Å². The van der Waals surface area contributed by atoms with Crippen LogP contribution in [0.2, 0.25) is 0 Å². The van der Waals surface area contributed by atoms with Gasteiger partial charge in [-0.25, -0.2) is 0 Å². The van der Waals surface area contributed by atoms with E-state index in [-0.39, 0.29) is 11.6 Å². The van der Waals surface area contributed by atoms with Crippen molar-refractivity contribution in [1.82, 2.24) is 0 Å². The van der Waals surface area contributed by atoms with Crippen LogP contribution in [-0.4, -0.2) is 23.8 Å². The topological polar surface area (TPSA) is 46.5 Å². The van der Waals surface area contributed by atoms with Crippen molar-refractivity contribution >= 4 is 17.3 Å². The predicted molar refractivity (Wildman–Crippen MR) is 86.7 cm³/mol. The fourth-order valence-corrected chi connectivity index (χ4v) is 2.82. The van der Waals surface area contributed by atoms with Crippen molar-refractivity contribution in [2.45, 2.75) is 13.3 Å². The third-order valence-corrected chi connectivity index (χ3v) is 4.00. The third-order valence-electron chi connectivity index (χ3n) is 4.00. The van der Waals surface area contributed by atoms with Gasteiger partial charge in [0.15, 0.2) is 11.6 Å². The lowest BCUT2D eigenvalue weighted by atomic mass is 9.99. The van der Waals surface area contributed by atoms with Crippen molar-refractivity contribution in [2.24, 2.45) is 10.9 Å². The van der Waals surface area contributed by atoms with Gasteiger partial charge in [0.2, 0.25) is 0 Å². The first kappa shape index (κ1) is 14.4. The minimum Gasteiger partial charge on any atom is -0.293 e. The SMILES string of the molecule is CC(=NCCc1ccccc1)C1C(=O)c2ccccc2C1=O. The van der Waals surface area contributed by atoms with Crippen molar-refractivity contribution in [2.75, 3.05) is 6.54 Å². The van der Waals surface area contributed by atoms with Crippen molar-refractivity contribution in [3.8, 4) is 0 Å². The molecule has 22 heavy (non-hydrogen) atoms. The second kappa shape index (κ2) is 6.06. The van der Waals surface area contributed by atoms with E-state index < -0.39 is 5.92 Å². The normalized spacial score (nSPS) is 15.2. The van der Waals surface area contributed by atoms with Crippen LogP contribution in [0.3, 0.4) is 0 Å². The molecule has 2 aromatic rings. The Balaban J connectivity index is 1.73. The Labute approximate surface area is 129 Å². The first-order valence-corrected chi connectivity index (χ1v) is 7.41. The van der Waals surface area contributed by atoms with Gasteiger partial charge in [0.25, 0.3) is 0 Å². The highest BCUT2D eigenvalue weighted by atomic mass is 16.2. The number of fused-ring (bicyclic) bond motifs is 1.